The SMILES string of the molecule is Cc1nc(-c2ccc(F)c(F)c2)ncc1[C@H](C)O. The maximum absolute atomic E-state index is 13.1. The number of aliphatic hydroxyl groups is 1. The van der Waals surface area contributed by atoms with Crippen LogP contribution in [0.1, 0.15) is 24.3 Å². The molecule has 0 unspecified atom stereocenters. The third-order valence-corrected chi connectivity index (χ3v) is 2.65. The van der Waals surface area contributed by atoms with Crippen molar-refractivity contribution in [1.82, 2.24) is 9.97 Å². The summed E-state index contributed by atoms with van der Waals surface area (Å²) in [5.74, 6) is -1.54. The van der Waals surface area contributed by atoms with E-state index < -0.39 is 17.7 Å². The van der Waals surface area contributed by atoms with Crippen molar-refractivity contribution in [1.29, 1.82) is 0 Å². The number of rotatable bonds is 2. The number of aromatic nitrogens is 2. The van der Waals surface area contributed by atoms with Gasteiger partial charge in [-0.3, -0.25) is 0 Å². The molecular weight excluding hydrogens is 238 g/mol. The van der Waals surface area contributed by atoms with Crippen LogP contribution in [0.5, 0.6) is 0 Å². The van der Waals surface area contributed by atoms with Gasteiger partial charge in [-0.05, 0) is 32.0 Å². The predicted octanol–water partition coefficient (Wildman–Crippen LogP) is 2.78. The molecule has 0 aliphatic carbocycles. The molecular formula is C13H12F2N2O. The number of nitrogens with zero attached hydrogens (tertiary/aromatic N) is 2. The third-order valence-electron chi connectivity index (χ3n) is 2.65. The molecule has 0 bridgehead atoms. The molecule has 0 aliphatic rings. The molecule has 0 radical (unpaired) electrons. The van der Waals surface area contributed by atoms with E-state index in [2.05, 4.69) is 9.97 Å². The van der Waals surface area contributed by atoms with Gasteiger partial charge in [0.1, 0.15) is 0 Å². The second-order valence-corrected chi connectivity index (χ2v) is 4.04. The second-order valence-electron chi connectivity index (χ2n) is 4.04. The largest absolute Gasteiger partial charge is 0.389 e. The highest BCUT2D eigenvalue weighted by atomic mass is 19.2. The molecule has 5 heteroatoms. The number of hydrogen-bond donors (Lipinski definition) is 1. The van der Waals surface area contributed by atoms with Crippen molar-refractivity contribution in [3.05, 3.63) is 47.3 Å². The Kier molecular flexibility index (Phi) is 3.34. The molecule has 3 nitrogen and oxygen atoms in total. The molecule has 0 saturated carbocycles. The Bertz CT molecular complexity index is 585. The zero-order valence-corrected chi connectivity index (χ0v) is 9.98. The van der Waals surface area contributed by atoms with Crippen LogP contribution in [-0.4, -0.2) is 15.1 Å². The molecule has 2 rings (SSSR count). The lowest BCUT2D eigenvalue weighted by atomic mass is 10.1. The van der Waals surface area contributed by atoms with Gasteiger partial charge >= 0.3 is 0 Å². The fourth-order valence-corrected chi connectivity index (χ4v) is 1.66. The summed E-state index contributed by atoms with van der Waals surface area (Å²) in [6.45, 7) is 3.34. The summed E-state index contributed by atoms with van der Waals surface area (Å²) in [4.78, 5) is 8.22. The first-order valence-corrected chi connectivity index (χ1v) is 5.46. The summed E-state index contributed by atoms with van der Waals surface area (Å²) in [5, 5.41) is 9.46. The molecule has 94 valence electrons. The second kappa shape index (κ2) is 4.78. The van der Waals surface area contributed by atoms with Gasteiger partial charge in [0.05, 0.1) is 6.10 Å². The Balaban J connectivity index is 2.45. The molecule has 1 heterocycles. The van der Waals surface area contributed by atoms with E-state index in [1.165, 1.54) is 12.3 Å². The molecule has 2 aromatic rings. The highest BCUT2D eigenvalue weighted by Gasteiger charge is 2.11. The van der Waals surface area contributed by atoms with Crippen LogP contribution in [0.15, 0.2) is 24.4 Å². The third kappa shape index (κ3) is 2.36. The van der Waals surface area contributed by atoms with E-state index in [-0.39, 0.29) is 0 Å². The highest BCUT2D eigenvalue weighted by Crippen LogP contribution is 2.21. The van der Waals surface area contributed by atoms with E-state index in [1.54, 1.807) is 13.8 Å². The summed E-state index contributed by atoms with van der Waals surface area (Å²) in [6.07, 6.45) is 0.827. The molecule has 0 saturated heterocycles. The van der Waals surface area contributed by atoms with Gasteiger partial charge in [-0.2, -0.15) is 0 Å². The van der Waals surface area contributed by atoms with Gasteiger partial charge in [-0.1, -0.05) is 0 Å². The lowest BCUT2D eigenvalue weighted by Crippen LogP contribution is -2.01. The Morgan fingerprint density at radius 2 is 1.94 bits per heavy atom. The number of hydrogen-bond acceptors (Lipinski definition) is 3. The van der Waals surface area contributed by atoms with Crippen molar-refractivity contribution in [2.24, 2.45) is 0 Å². The molecule has 1 atom stereocenters. The maximum Gasteiger partial charge on any atom is 0.159 e. The van der Waals surface area contributed by atoms with E-state index in [4.69, 9.17) is 0 Å². The van der Waals surface area contributed by atoms with Crippen molar-refractivity contribution in [2.45, 2.75) is 20.0 Å². The minimum absolute atomic E-state index is 0.302. The van der Waals surface area contributed by atoms with Crippen molar-refractivity contribution in [3.8, 4) is 11.4 Å². The van der Waals surface area contributed by atoms with Crippen molar-refractivity contribution >= 4 is 0 Å². The van der Waals surface area contributed by atoms with E-state index in [9.17, 15) is 13.9 Å². The van der Waals surface area contributed by atoms with Gasteiger partial charge in [-0.25, -0.2) is 18.7 Å². The van der Waals surface area contributed by atoms with Gasteiger partial charge in [0.15, 0.2) is 17.5 Å². The van der Waals surface area contributed by atoms with Crippen molar-refractivity contribution < 1.29 is 13.9 Å². The van der Waals surface area contributed by atoms with E-state index in [1.807, 2.05) is 0 Å². The molecule has 0 spiro atoms. The van der Waals surface area contributed by atoms with Crippen LogP contribution in [0.4, 0.5) is 8.78 Å². The first-order chi connectivity index (χ1) is 8.49. The summed E-state index contributed by atoms with van der Waals surface area (Å²) in [6, 6.07) is 3.49. The zero-order chi connectivity index (χ0) is 13.3. The van der Waals surface area contributed by atoms with Crippen molar-refractivity contribution in [3.63, 3.8) is 0 Å². The minimum Gasteiger partial charge on any atom is -0.389 e. The zero-order valence-electron chi connectivity index (χ0n) is 9.98. The topological polar surface area (TPSA) is 46.0 Å². The van der Waals surface area contributed by atoms with Crippen LogP contribution in [0.3, 0.4) is 0 Å². The number of halogens is 2. The molecule has 0 fully saturated rings. The molecule has 18 heavy (non-hydrogen) atoms. The summed E-state index contributed by atoms with van der Waals surface area (Å²) < 4.78 is 25.9. The predicted molar refractivity (Wildman–Crippen MR) is 62.8 cm³/mol. The minimum atomic E-state index is -0.937. The molecule has 1 N–H and O–H groups in total. The van der Waals surface area contributed by atoms with Gasteiger partial charge in [-0.15, -0.1) is 0 Å². The average Bonchev–Trinajstić information content (AvgIpc) is 2.32. The fraction of sp³-hybridized carbons (Fsp3) is 0.231. The van der Waals surface area contributed by atoms with Crippen LogP contribution in [0.2, 0.25) is 0 Å². The summed E-state index contributed by atoms with van der Waals surface area (Å²) in [5.41, 5.74) is 1.62. The van der Waals surface area contributed by atoms with Gasteiger partial charge in [0.2, 0.25) is 0 Å². The Morgan fingerprint density at radius 1 is 1.22 bits per heavy atom. The van der Waals surface area contributed by atoms with Crippen LogP contribution in [-0.2, 0) is 0 Å². The number of aliphatic hydroxyl groups excluding tert-OH is 1. The molecule has 0 amide bonds. The fourth-order valence-electron chi connectivity index (χ4n) is 1.66. The standard InChI is InChI=1S/C13H12F2N2O/c1-7-10(8(2)18)6-16-13(17-7)9-3-4-11(14)12(15)5-9/h3-6,8,18H,1-2H3/t8-/m0/s1. The smallest absolute Gasteiger partial charge is 0.159 e. The molecule has 0 aliphatic heterocycles. The molecule has 1 aromatic carbocycles. The lowest BCUT2D eigenvalue weighted by molar-refractivity contribution is 0.197. The summed E-state index contributed by atoms with van der Waals surface area (Å²) in [7, 11) is 0. The van der Waals surface area contributed by atoms with Crippen LogP contribution in [0.25, 0.3) is 11.4 Å². The van der Waals surface area contributed by atoms with E-state index in [0.717, 1.165) is 12.1 Å². The number of aryl methyl sites for hydroxylation is 1. The maximum atomic E-state index is 13.1. The molecule has 1 aromatic heterocycles. The Morgan fingerprint density at radius 3 is 2.50 bits per heavy atom. The average molecular weight is 250 g/mol. The van der Waals surface area contributed by atoms with Crippen LogP contribution in [0, 0.1) is 18.6 Å². The monoisotopic (exact) mass is 250 g/mol. The Hall–Kier alpha value is -1.88. The van der Waals surface area contributed by atoms with Gasteiger partial charge in [0, 0.05) is 23.0 Å². The number of benzene rings is 1. The summed E-state index contributed by atoms with van der Waals surface area (Å²) >= 11 is 0. The highest BCUT2D eigenvalue weighted by molar-refractivity contribution is 5.55. The van der Waals surface area contributed by atoms with Crippen LogP contribution >= 0.6 is 0 Å². The van der Waals surface area contributed by atoms with Crippen LogP contribution < -0.4 is 0 Å². The lowest BCUT2D eigenvalue weighted by Gasteiger charge is -2.09. The first-order valence-electron chi connectivity index (χ1n) is 5.46. The quantitative estimate of drug-likeness (QED) is 0.891. The van der Waals surface area contributed by atoms with E-state index >= 15 is 0 Å². The first kappa shape index (κ1) is 12.6. The normalized spacial score (nSPS) is 12.5. The van der Waals surface area contributed by atoms with E-state index in [0.29, 0.717) is 22.6 Å². The van der Waals surface area contributed by atoms with Gasteiger partial charge < -0.3 is 5.11 Å². The van der Waals surface area contributed by atoms with Gasteiger partial charge in [0.25, 0.3) is 0 Å². The van der Waals surface area contributed by atoms with Crippen molar-refractivity contribution in [2.75, 3.05) is 0 Å². The Labute approximate surface area is 103 Å².